The van der Waals surface area contributed by atoms with Crippen LogP contribution in [0.15, 0.2) is 45.5 Å². The number of piperidine rings is 1. The van der Waals surface area contributed by atoms with Crippen molar-refractivity contribution in [3.63, 3.8) is 0 Å². The van der Waals surface area contributed by atoms with Crippen LogP contribution in [-0.2, 0) is 11.3 Å². The van der Waals surface area contributed by atoms with E-state index in [0.717, 1.165) is 46.8 Å². The van der Waals surface area contributed by atoms with Gasteiger partial charge >= 0.3 is 0 Å². The molecule has 130 valence electrons. The fraction of sp³-hybridized carbons (Fsp3) is 0.333. The average Bonchev–Trinajstić information content (AvgIpc) is 3.29. The molecule has 7 heteroatoms. The van der Waals surface area contributed by atoms with Crippen LogP contribution >= 0.6 is 27.3 Å². The number of aromatic nitrogens is 1. The predicted molar refractivity (Wildman–Crippen MR) is 103 cm³/mol. The number of hydrogen-bond donors (Lipinski definition) is 1. The molecule has 0 saturated carbocycles. The lowest BCUT2D eigenvalue weighted by Crippen LogP contribution is -2.40. The van der Waals surface area contributed by atoms with Crippen molar-refractivity contribution < 1.29 is 9.21 Å². The van der Waals surface area contributed by atoms with Gasteiger partial charge in [0.15, 0.2) is 5.13 Å². The quantitative estimate of drug-likeness (QED) is 0.688. The number of nitrogens with zero attached hydrogens (tertiary/aromatic N) is 2. The number of carbonyl (C=O) groups excluding carboxylic acids is 1. The average molecular weight is 420 g/mol. The highest BCUT2D eigenvalue weighted by atomic mass is 79.9. The van der Waals surface area contributed by atoms with Crippen LogP contribution in [0, 0.1) is 5.92 Å². The number of fused-ring (bicyclic) bond motifs is 1. The standard InChI is InChI=1S/C18H18BrN3O2S/c19-13-3-4-15-16(10-13)25-18(21-15)22-7-5-12(6-8-22)17(23)20-11-14-2-1-9-24-14/h1-4,9-10,12H,5-8,11H2,(H,20,23). The Morgan fingerprint density at radius 2 is 2.20 bits per heavy atom. The molecule has 1 amide bonds. The summed E-state index contributed by atoms with van der Waals surface area (Å²) in [7, 11) is 0. The van der Waals surface area contributed by atoms with E-state index in [4.69, 9.17) is 9.40 Å². The lowest BCUT2D eigenvalue weighted by molar-refractivity contribution is -0.125. The SMILES string of the molecule is O=C(NCc1ccco1)C1CCN(c2nc3ccc(Br)cc3s2)CC1. The Morgan fingerprint density at radius 1 is 1.36 bits per heavy atom. The molecule has 1 saturated heterocycles. The van der Waals surface area contributed by atoms with Crippen LogP contribution in [0.25, 0.3) is 10.2 Å². The van der Waals surface area contributed by atoms with Crippen molar-refractivity contribution in [2.75, 3.05) is 18.0 Å². The molecule has 2 aromatic heterocycles. The third-order valence-electron chi connectivity index (χ3n) is 4.49. The van der Waals surface area contributed by atoms with Crippen molar-refractivity contribution in [3.05, 3.63) is 46.8 Å². The fourth-order valence-corrected chi connectivity index (χ4v) is 4.66. The van der Waals surface area contributed by atoms with Gasteiger partial charge < -0.3 is 14.6 Å². The van der Waals surface area contributed by atoms with Crippen molar-refractivity contribution in [2.24, 2.45) is 5.92 Å². The van der Waals surface area contributed by atoms with Gasteiger partial charge in [0.05, 0.1) is 23.0 Å². The molecule has 1 fully saturated rings. The van der Waals surface area contributed by atoms with E-state index in [-0.39, 0.29) is 11.8 Å². The summed E-state index contributed by atoms with van der Waals surface area (Å²) in [6.45, 7) is 2.18. The molecule has 5 nitrogen and oxygen atoms in total. The van der Waals surface area contributed by atoms with Crippen LogP contribution in [0.3, 0.4) is 0 Å². The fourth-order valence-electron chi connectivity index (χ4n) is 3.09. The number of carbonyl (C=O) groups is 1. The minimum absolute atomic E-state index is 0.0646. The molecule has 25 heavy (non-hydrogen) atoms. The molecule has 0 unspecified atom stereocenters. The number of nitrogens with one attached hydrogen (secondary N) is 1. The zero-order chi connectivity index (χ0) is 17.2. The van der Waals surface area contributed by atoms with E-state index in [1.54, 1.807) is 17.6 Å². The first-order valence-electron chi connectivity index (χ1n) is 8.30. The number of hydrogen-bond acceptors (Lipinski definition) is 5. The van der Waals surface area contributed by atoms with Gasteiger partial charge in [0.2, 0.25) is 5.91 Å². The molecule has 0 atom stereocenters. The Kier molecular flexibility index (Phi) is 4.76. The maximum absolute atomic E-state index is 12.3. The summed E-state index contributed by atoms with van der Waals surface area (Å²) >= 11 is 5.21. The van der Waals surface area contributed by atoms with Crippen LogP contribution in [0.1, 0.15) is 18.6 Å². The lowest BCUT2D eigenvalue weighted by atomic mass is 9.96. The predicted octanol–water partition coefficient (Wildman–Crippen LogP) is 4.18. The molecule has 4 rings (SSSR count). The summed E-state index contributed by atoms with van der Waals surface area (Å²) in [4.78, 5) is 19.3. The third kappa shape index (κ3) is 3.72. The summed E-state index contributed by atoms with van der Waals surface area (Å²) < 4.78 is 7.50. The summed E-state index contributed by atoms with van der Waals surface area (Å²) in [5, 5.41) is 4.01. The Hall–Kier alpha value is -1.86. The number of rotatable bonds is 4. The highest BCUT2D eigenvalue weighted by Crippen LogP contribution is 2.33. The van der Waals surface area contributed by atoms with E-state index in [9.17, 15) is 4.79 Å². The Balaban J connectivity index is 1.34. The second-order valence-corrected chi connectivity index (χ2v) is 8.09. The Labute approximate surface area is 158 Å². The molecule has 1 aliphatic rings. The first kappa shape index (κ1) is 16.6. The van der Waals surface area contributed by atoms with Crippen LogP contribution < -0.4 is 10.2 Å². The van der Waals surface area contributed by atoms with Gasteiger partial charge in [-0.05, 0) is 43.2 Å². The monoisotopic (exact) mass is 419 g/mol. The largest absolute Gasteiger partial charge is 0.467 e. The molecule has 1 N–H and O–H groups in total. The van der Waals surface area contributed by atoms with Gasteiger partial charge in [-0.1, -0.05) is 27.3 Å². The summed E-state index contributed by atoms with van der Waals surface area (Å²) in [5.41, 5.74) is 1.03. The lowest BCUT2D eigenvalue weighted by Gasteiger charge is -2.30. The molecule has 0 bridgehead atoms. The second kappa shape index (κ2) is 7.17. The van der Waals surface area contributed by atoms with Crippen LogP contribution in [-0.4, -0.2) is 24.0 Å². The zero-order valence-electron chi connectivity index (χ0n) is 13.6. The van der Waals surface area contributed by atoms with Crippen molar-refractivity contribution in [1.29, 1.82) is 0 Å². The van der Waals surface area contributed by atoms with Gasteiger partial charge in [-0.15, -0.1) is 0 Å². The Bertz CT molecular complexity index is 870. The number of amides is 1. The molecule has 1 aliphatic heterocycles. The maximum atomic E-state index is 12.3. The van der Waals surface area contributed by atoms with Gasteiger partial charge in [-0.3, -0.25) is 4.79 Å². The highest BCUT2D eigenvalue weighted by molar-refractivity contribution is 9.10. The minimum Gasteiger partial charge on any atom is -0.467 e. The zero-order valence-corrected chi connectivity index (χ0v) is 16.0. The second-order valence-electron chi connectivity index (χ2n) is 6.17. The summed E-state index contributed by atoms with van der Waals surface area (Å²) in [6.07, 6.45) is 3.32. The third-order valence-corrected chi connectivity index (χ3v) is 6.06. The molecular weight excluding hydrogens is 402 g/mol. The molecule has 0 radical (unpaired) electrons. The molecular formula is C18H18BrN3O2S. The van der Waals surface area contributed by atoms with E-state index >= 15 is 0 Å². The highest BCUT2D eigenvalue weighted by Gasteiger charge is 2.26. The van der Waals surface area contributed by atoms with Gasteiger partial charge in [0.1, 0.15) is 5.76 Å². The van der Waals surface area contributed by atoms with Crippen molar-refractivity contribution in [1.82, 2.24) is 10.3 Å². The topological polar surface area (TPSA) is 58.4 Å². The number of benzene rings is 1. The van der Waals surface area contributed by atoms with Crippen LogP contribution in [0.5, 0.6) is 0 Å². The molecule has 0 spiro atoms. The van der Waals surface area contributed by atoms with E-state index in [1.165, 1.54) is 4.70 Å². The van der Waals surface area contributed by atoms with E-state index in [1.807, 2.05) is 24.3 Å². The van der Waals surface area contributed by atoms with E-state index < -0.39 is 0 Å². The summed E-state index contributed by atoms with van der Waals surface area (Å²) in [5.74, 6) is 0.963. The number of furan rings is 1. The number of anilines is 1. The Morgan fingerprint density at radius 3 is 2.96 bits per heavy atom. The van der Waals surface area contributed by atoms with Gasteiger partial charge in [0, 0.05) is 23.5 Å². The van der Waals surface area contributed by atoms with Crippen molar-refractivity contribution in [3.8, 4) is 0 Å². The van der Waals surface area contributed by atoms with Crippen LogP contribution in [0.2, 0.25) is 0 Å². The van der Waals surface area contributed by atoms with Crippen LogP contribution in [0.4, 0.5) is 5.13 Å². The van der Waals surface area contributed by atoms with E-state index in [0.29, 0.717) is 6.54 Å². The van der Waals surface area contributed by atoms with Gasteiger partial charge in [-0.25, -0.2) is 4.98 Å². The van der Waals surface area contributed by atoms with Gasteiger partial charge in [-0.2, -0.15) is 0 Å². The number of thiazole rings is 1. The maximum Gasteiger partial charge on any atom is 0.223 e. The summed E-state index contributed by atoms with van der Waals surface area (Å²) in [6, 6.07) is 9.85. The number of halogens is 1. The molecule has 3 heterocycles. The van der Waals surface area contributed by atoms with Gasteiger partial charge in [0.25, 0.3) is 0 Å². The molecule has 1 aromatic carbocycles. The smallest absolute Gasteiger partial charge is 0.223 e. The van der Waals surface area contributed by atoms with E-state index in [2.05, 4.69) is 32.2 Å². The van der Waals surface area contributed by atoms with Crippen molar-refractivity contribution in [2.45, 2.75) is 19.4 Å². The molecule has 3 aromatic rings. The first-order chi connectivity index (χ1) is 12.2. The molecule has 0 aliphatic carbocycles. The van der Waals surface area contributed by atoms with Crippen molar-refractivity contribution >= 4 is 48.5 Å². The first-order valence-corrected chi connectivity index (χ1v) is 9.91. The minimum atomic E-state index is 0.0646. The normalized spacial score (nSPS) is 15.6.